The van der Waals surface area contributed by atoms with Crippen LogP contribution in [0.25, 0.3) is 11.0 Å². The van der Waals surface area contributed by atoms with Crippen molar-refractivity contribution in [3.05, 3.63) is 46.7 Å². The quantitative estimate of drug-likeness (QED) is 0.681. The minimum atomic E-state index is -0.114. The fourth-order valence-electron chi connectivity index (χ4n) is 2.03. The predicted octanol–water partition coefficient (Wildman–Crippen LogP) is 3.84. The highest BCUT2D eigenvalue weighted by Crippen LogP contribution is 2.25. The Balaban J connectivity index is 2.15. The summed E-state index contributed by atoms with van der Waals surface area (Å²) in [6, 6.07) is 6.17. The molecule has 0 spiro atoms. The summed E-state index contributed by atoms with van der Waals surface area (Å²) in [6.07, 6.45) is 3.57. The number of aromatic nitrogens is 3. The molecule has 3 heterocycles. The zero-order chi connectivity index (χ0) is 12.5. The number of rotatable bonds is 3. The van der Waals surface area contributed by atoms with Crippen LogP contribution in [-0.4, -0.2) is 14.5 Å². The van der Waals surface area contributed by atoms with Crippen molar-refractivity contribution in [1.29, 1.82) is 0 Å². The summed E-state index contributed by atoms with van der Waals surface area (Å²) >= 11 is 7.96. The molecule has 0 aliphatic carbocycles. The summed E-state index contributed by atoms with van der Waals surface area (Å²) in [5.74, 6) is 0.896. The molecule has 18 heavy (non-hydrogen) atoms. The summed E-state index contributed by atoms with van der Waals surface area (Å²) < 4.78 is 2.17. The van der Waals surface area contributed by atoms with Gasteiger partial charge in [-0.05, 0) is 24.4 Å². The van der Waals surface area contributed by atoms with E-state index >= 15 is 0 Å². The van der Waals surface area contributed by atoms with E-state index in [9.17, 15) is 0 Å². The molecule has 3 rings (SSSR count). The van der Waals surface area contributed by atoms with Gasteiger partial charge in [0.2, 0.25) is 0 Å². The number of halogens is 1. The summed E-state index contributed by atoms with van der Waals surface area (Å²) in [4.78, 5) is 9.97. The average Bonchev–Trinajstić information content (AvgIpc) is 2.98. The van der Waals surface area contributed by atoms with Gasteiger partial charge in [-0.25, -0.2) is 4.98 Å². The van der Waals surface area contributed by atoms with Gasteiger partial charge in [-0.2, -0.15) is 0 Å². The molecule has 0 fully saturated rings. The molecule has 0 aliphatic rings. The molecular formula is C13H12ClN3S. The highest BCUT2D eigenvalue weighted by Gasteiger charge is 2.15. The third kappa shape index (κ3) is 2.02. The normalized spacial score (nSPS) is 13.0. The summed E-state index contributed by atoms with van der Waals surface area (Å²) in [5, 5.41) is 1.97. The lowest BCUT2D eigenvalue weighted by Crippen LogP contribution is -2.04. The van der Waals surface area contributed by atoms with E-state index in [-0.39, 0.29) is 5.38 Å². The molecule has 0 N–H and O–H groups in total. The van der Waals surface area contributed by atoms with Crippen LogP contribution in [0.2, 0.25) is 0 Å². The van der Waals surface area contributed by atoms with Crippen LogP contribution in [0.4, 0.5) is 0 Å². The number of hydrogen-bond acceptors (Lipinski definition) is 3. The van der Waals surface area contributed by atoms with Gasteiger partial charge in [0.25, 0.3) is 0 Å². The molecule has 0 saturated carbocycles. The summed E-state index contributed by atoms with van der Waals surface area (Å²) in [7, 11) is 0. The molecule has 0 saturated heterocycles. The van der Waals surface area contributed by atoms with Crippen LogP contribution < -0.4 is 0 Å². The predicted molar refractivity (Wildman–Crippen MR) is 75.2 cm³/mol. The molecule has 0 amide bonds. The lowest BCUT2D eigenvalue weighted by Gasteiger charge is -2.09. The van der Waals surface area contributed by atoms with Gasteiger partial charge in [0.1, 0.15) is 11.3 Å². The van der Waals surface area contributed by atoms with Gasteiger partial charge in [0.05, 0.1) is 23.6 Å². The minimum Gasteiger partial charge on any atom is -0.321 e. The van der Waals surface area contributed by atoms with Crippen molar-refractivity contribution >= 4 is 34.0 Å². The lowest BCUT2D eigenvalue weighted by molar-refractivity contribution is 0.750. The topological polar surface area (TPSA) is 30.7 Å². The zero-order valence-electron chi connectivity index (χ0n) is 9.88. The Morgan fingerprint density at radius 1 is 1.44 bits per heavy atom. The van der Waals surface area contributed by atoms with E-state index in [0.717, 1.165) is 23.4 Å². The first-order valence-electron chi connectivity index (χ1n) is 5.72. The number of alkyl halides is 1. The number of fused-ring (bicyclic) bond motifs is 1. The molecule has 3 aromatic heterocycles. The Bertz CT molecular complexity index is 658. The maximum absolute atomic E-state index is 6.22. The second-order valence-corrected chi connectivity index (χ2v) is 5.80. The van der Waals surface area contributed by atoms with Crippen LogP contribution in [0.15, 0.2) is 36.0 Å². The lowest BCUT2D eigenvalue weighted by atomic mass is 10.3. The van der Waals surface area contributed by atoms with E-state index in [2.05, 4.69) is 32.0 Å². The summed E-state index contributed by atoms with van der Waals surface area (Å²) in [6.45, 7) is 2.76. The van der Waals surface area contributed by atoms with E-state index < -0.39 is 0 Å². The van der Waals surface area contributed by atoms with E-state index in [4.69, 9.17) is 11.6 Å². The van der Waals surface area contributed by atoms with Crippen LogP contribution in [0.3, 0.4) is 0 Å². The number of thiophene rings is 1. The van der Waals surface area contributed by atoms with Crippen molar-refractivity contribution in [3.63, 3.8) is 0 Å². The fourth-order valence-corrected chi connectivity index (χ4v) is 2.89. The standard InChI is InChI=1S/C13H12ClN3S/c1-9(14)13-16-11-7-15-5-4-12(11)17(13)8-10-3-2-6-18-10/h2-7,9H,8H2,1H3. The van der Waals surface area contributed by atoms with E-state index in [0.29, 0.717) is 0 Å². The molecule has 3 nitrogen and oxygen atoms in total. The molecule has 0 bridgehead atoms. The number of hydrogen-bond donors (Lipinski definition) is 0. The Morgan fingerprint density at radius 2 is 2.33 bits per heavy atom. The Kier molecular flexibility index (Phi) is 3.06. The molecule has 0 aromatic carbocycles. The van der Waals surface area contributed by atoms with E-state index in [1.54, 1.807) is 23.7 Å². The van der Waals surface area contributed by atoms with Gasteiger partial charge >= 0.3 is 0 Å². The molecule has 0 aliphatic heterocycles. The van der Waals surface area contributed by atoms with Gasteiger partial charge in [0.15, 0.2) is 0 Å². The molecule has 1 atom stereocenters. The van der Waals surface area contributed by atoms with Gasteiger partial charge in [-0.3, -0.25) is 4.98 Å². The molecule has 0 radical (unpaired) electrons. The minimum absolute atomic E-state index is 0.114. The molecule has 1 unspecified atom stereocenters. The average molecular weight is 278 g/mol. The first-order chi connectivity index (χ1) is 8.75. The van der Waals surface area contributed by atoms with Crippen molar-refractivity contribution in [2.24, 2.45) is 0 Å². The molecule has 92 valence electrons. The van der Waals surface area contributed by atoms with Crippen molar-refractivity contribution in [2.45, 2.75) is 18.8 Å². The highest BCUT2D eigenvalue weighted by atomic mass is 35.5. The van der Waals surface area contributed by atoms with Crippen LogP contribution >= 0.6 is 22.9 Å². The Hall–Kier alpha value is -1.39. The second kappa shape index (κ2) is 4.71. The largest absolute Gasteiger partial charge is 0.321 e. The monoisotopic (exact) mass is 277 g/mol. The van der Waals surface area contributed by atoms with Gasteiger partial charge < -0.3 is 4.57 Å². The van der Waals surface area contributed by atoms with E-state index in [1.165, 1.54) is 4.88 Å². The number of pyridine rings is 1. The van der Waals surface area contributed by atoms with Gasteiger partial charge in [0, 0.05) is 11.1 Å². The Labute approximate surface area is 114 Å². The van der Waals surface area contributed by atoms with Crippen LogP contribution in [0.1, 0.15) is 23.0 Å². The molecule has 5 heteroatoms. The molecular weight excluding hydrogens is 266 g/mol. The number of nitrogens with zero attached hydrogens (tertiary/aromatic N) is 3. The zero-order valence-corrected chi connectivity index (χ0v) is 11.4. The van der Waals surface area contributed by atoms with Gasteiger partial charge in [-0.1, -0.05) is 6.07 Å². The second-order valence-electron chi connectivity index (χ2n) is 4.12. The smallest absolute Gasteiger partial charge is 0.128 e. The van der Waals surface area contributed by atoms with Crippen LogP contribution in [-0.2, 0) is 6.54 Å². The summed E-state index contributed by atoms with van der Waals surface area (Å²) in [5.41, 5.74) is 1.98. The van der Waals surface area contributed by atoms with Gasteiger partial charge in [-0.15, -0.1) is 22.9 Å². The van der Waals surface area contributed by atoms with Crippen molar-refractivity contribution in [2.75, 3.05) is 0 Å². The Morgan fingerprint density at radius 3 is 3.06 bits per heavy atom. The number of imidazole rings is 1. The van der Waals surface area contributed by atoms with E-state index in [1.807, 2.05) is 13.0 Å². The van der Waals surface area contributed by atoms with Crippen LogP contribution in [0, 0.1) is 0 Å². The first-order valence-corrected chi connectivity index (χ1v) is 7.04. The highest BCUT2D eigenvalue weighted by molar-refractivity contribution is 7.09. The third-order valence-corrected chi connectivity index (χ3v) is 3.89. The maximum atomic E-state index is 6.22. The maximum Gasteiger partial charge on any atom is 0.128 e. The first kappa shape index (κ1) is 11.7. The SMILES string of the molecule is CC(Cl)c1nc2cnccc2n1Cc1cccs1. The fraction of sp³-hybridized carbons (Fsp3) is 0.231. The third-order valence-electron chi connectivity index (χ3n) is 2.83. The van der Waals surface area contributed by atoms with Crippen LogP contribution in [0.5, 0.6) is 0 Å². The van der Waals surface area contributed by atoms with Crippen molar-refractivity contribution < 1.29 is 0 Å². The molecule has 3 aromatic rings. The van der Waals surface area contributed by atoms with Crippen molar-refractivity contribution in [3.8, 4) is 0 Å². The van der Waals surface area contributed by atoms with Crippen molar-refractivity contribution in [1.82, 2.24) is 14.5 Å².